The lowest BCUT2D eigenvalue weighted by Gasteiger charge is -2.07. The molecule has 0 saturated carbocycles. The second-order valence-electron chi connectivity index (χ2n) is 3.61. The fourth-order valence-corrected chi connectivity index (χ4v) is 2.24. The Hall–Kier alpha value is -1.16. The van der Waals surface area contributed by atoms with Crippen molar-refractivity contribution in [3.8, 4) is 0 Å². The van der Waals surface area contributed by atoms with Gasteiger partial charge >= 0.3 is 0 Å². The van der Waals surface area contributed by atoms with Crippen LogP contribution in [0.15, 0.2) is 29.2 Å². The summed E-state index contributed by atoms with van der Waals surface area (Å²) in [6.07, 6.45) is 1.12. The lowest BCUT2D eigenvalue weighted by atomic mass is 10.2. The van der Waals surface area contributed by atoms with Crippen molar-refractivity contribution >= 4 is 16.1 Å². The van der Waals surface area contributed by atoms with Crippen LogP contribution in [0.25, 0.3) is 0 Å². The van der Waals surface area contributed by atoms with Gasteiger partial charge < -0.3 is 4.79 Å². The molecule has 0 heterocycles. The van der Waals surface area contributed by atoms with E-state index in [1.54, 1.807) is 38.1 Å². The van der Waals surface area contributed by atoms with E-state index >= 15 is 0 Å². The average molecular weight is 226 g/mol. The summed E-state index contributed by atoms with van der Waals surface area (Å²) in [4.78, 5) is 10.6. The topological polar surface area (TPSA) is 51.2 Å². The summed E-state index contributed by atoms with van der Waals surface area (Å²) in [5, 5.41) is -0.422. The maximum Gasteiger partial charge on any atom is 0.180 e. The Kier molecular flexibility index (Phi) is 3.63. The molecular weight excluding hydrogens is 212 g/mol. The highest BCUT2D eigenvalue weighted by Gasteiger charge is 2.18. The van der Waals surface area contributed by atoms with Gasteiger partial charge in [-0.25, -0.2) is 8.42 Å². The van der Waals surface area contributed by atoms with E-state index in [0.717, 1.165) is 11.8 Å². The van der Waals surface area contributed by atoms with Gasteiger partial charge in [0.2, 0.25) is 0 Å². The van der Waals surface area contributed by atoms with Gasteiger partial charge in [0.05, 0.1) is 10.1 Å². The van der Waals surface area contributed by atoms with Crippen molar-refractivity contribution < 1.29 is 13.2 Å². The van der Waals surface area contributed by atoms with Crippen LogP contribution >= 0.6 is 0 Å². The van der Waals surface area contributed by atoms with Crippen molar-refractivity contribution in [3.63, 3.8) is 0 Å². The lowest BCUT2D eigenvalue weighted by molar-refractivity contribution is -0.107. The van der Waals surface area contributed by atoms with E-state index in [4.69, 9.17) is 0 Å². The second-order valence-corrected chi connectivity index (χ2v) is 6.11. The first kappa shape index (κ1) is 11.9. The van der Waals surface area contributed by atoms with Crippen LogP contribution in [0.2, 0.25) is 0 Å². The first-order valence-corrected chi connectivity index (χ1v) is 6.29. The third-order valence-corrected chi connectivity index (χ3v) is 4.36. The van der Waals surface area contributed by atoms with Gasteiger partial charge in [0, 0.05) is 6.42 Å². The SMILES string of the molecule is CC(C)S(=O)(=O)c1ccc(CC=O)cc1. The monoisotopic (exact) mass is 226 g/mol. The van der Waals surface area contributed by atoms with E-state index < -0.39 is 15.1 Å². The summed E-state index contributed by atoms with van der Waals surface area (Å²) < 4.78 is 23.5. The normalized spacial score (nSPS) is 11.7. The van der Waals surface area contributed by atoms with Crippen molar-refractivity contribution in [2.45, 2.75) is 30.4 Å². The highest BCUT2D eigenvalue weighted by atomic mass is 32.2. The van der Waals surface area contributed by atoms with Crippen LogP contribution in [-0.2, 0) is 21.1 Å². The zero-order valence-electron chi connectivity index (χ0n) is 8.80. The Morgan fingerprint density at radius 3 is 2.13 bits per heavy atom. The third-order valence-electron chi connectivity index (χ3n) is 2.19. The molecule has 0 saturated heterocycles. The molecule has 1 rings (SSSR count). The summed E-state index contributed by atoms with van der Waals surface area (Å²) in [7, 11) is -3.20. The molecule has 0 fully saturated rings. The van der Waals surface area contributed by atoms with Crippen molar-refractivity contribution in [3.05, 3.63) is 29.8 Å². The number of carbonyl (C=O) groups is 1. The molecule has 0 spiro atoms. The predicted octanol–water partition coefficient (Wildman–Crippen LogP) is 1.61. The molecule has 1 aromatic rings. The minimum Gasteiger partial charge on any atom is -0.303 e. The third kappa shape index (κ3) is 2.65. The van der Waals surface area contributed by atoms with E-state index in [0.29, 0.717) is 11.3 Å². The van der Waals surface area contributed by atoms with Crippen LogP contribution in [0.4, 0.5) is 0 Å². The molecule has 15 heavy (non-hydrogen) atoms. The summed E-state index contributed by atoms with van der Waals surface area (Å²) >= 11 is 0. The standard InChI is InChI=1S/C11H14O3S/c1-9(2)15(13,14)11-5-3-10(4-6-11)7-8-12/h3-6,8-9H,7H2,1-2H3. The van der Waals surface area contributed by atoms with E-state index in [1.165, 1.54) is 0 Å². The molecule has 82 valence electrons. The molecule has 0 unspecified atom stereocenters. The Labute approximate surface area is 90.0 Å². The molecule has 0 aromatic heterocycles. The highest BCUT2D eigenvalue weighted by Crippen LogP contribution is 2.16. The van der Waals surface area contributed by atoms with E-state index in [1.807, 2.05) is 0 Å². The van der Waals surface area contributed by atoms with E-state index in [2.05, 4.69) is 0 Å². The number of hydrogen-bond acceptors (Lipinski definition) is 3. The second kappa shape index (κ2) is 4.57. The van der Waals surface area contributed by atoms with Gasteiger partial charge in [-0.3, -0.25) is 0 Å². The van der Waals surface area contributed by atoms with Crippen LogP contribution in [0, 0.1) is 0 Å². The minimum absolute atomic E-state index is 0.312. The molecule has 0 atom stereocenters. The summed E-state index contributed by atoms with van der Waals surface area (Å²) in [6.45, 7) is 3.29. The lowest BCUT2D eigenvalue weighted by Crippen LogP contribution is -2.13. The van der Waals surface area contributed by atoms with E-state index in [9.17, 15) is 13.2 Å². The van der Waals surface area contributed by atoms with Gasteiger partial charge in [0.25, 0.3) is 0 Å². The molecule has 4 heteroatoms. The molecule has 0 amide bonds. The van der Waals surface area contributed by atoms with Crippen molar-refractivity contribution in [1.29, 1.82) is 0 Å². The number of hydrogen-bond donors (Lipinski definition) is 0. The predicted molar refractivity (Wildman–Crippen MR) is 58.5 cm³/mol. The Balaban J connectivity index is 3.04. The molecule has 0 aliphatic carbocycles. The van der Waals surface area contributed by atoms with Gasteiger partial charge in [-0.2, -0.15) is 0 Å². The molecular formula is C11H14O3S. The fourth-order valence-electron chi connectivity index (χ4n) is 1.18. The van der Waals surface area contributed by atoms with Crippen molar-refractivity contribution in [2.75, 3.05) is 0 Å². The van der Waals surface area contributed by atoms with Gasteiger partial charge in [-0.1, -0.05) is 12.1 Å². The Bertz CT molecular complexity index is 429. The van der Waals surface area contributed by atoms with Crippen LogP contribution in [0.3, 0.4) is 0 Å². The molecule has 0 aliphatic heterocycles. The quantitative estimate of drug-likeness (QED) is 0.733. The maximum atomic E-state index is 11.7. The van der Waals surface area contributed by atoms with Crippen molar-refractivity contribution in [2.24, 2.45) is 0 Å². The van der Waals surface area contributed by atoms with E-state index in [-0.39, 0.29) is 0 Å². The highest BCUT2D eigenvalue weighted by molar-refractivity contribution is 7.92. The Morgan fingerprint density at radius 2 is 1.73 bits per heavy atom. The molecule has 0 radical (unpaired) electrons. The molecule has 3 nitrogen and oxygen atoms in total. The summed E-state index contributed by atoms with van der Waals surface area (Å²) in [6, 6.07) is 6.44. The smallest absolute Gasteiger partial charge is 0.180 e. The number of carbonyl (C=O) groups excluding carboxylic acids is 1. The number of benzene rings is 1. The van der Waals surface area contributed by atoms with Gasteiger partial charge in [-0.05, 0) is 31.5 Å². The maximum absolute atomic E-state index is 11.7. The first-order chi connectivity index (χ1) is 6.98. The van der Waals surface area contributed by atoms with Crippen LogP contribution in [0.5, 0.6) is 0 Å². The molecule has 0 aliphatic rings. The minimum atomic E-state index is -3.20. The zero-order chi connectivity index (χ0) is 11.5. The zero-order valence-corrected chi connectivity index (χ0v) is 9.62. The number of rotatable bonds is 4. The first-order valence-electron chi connectivity index (χ1n) is 4.75. The molecule has 1 aromatic carbocycles. The van der Waals surface area contributed by atoms with Crippen LogP contribution < -0.4 is 0 Å². The van der Waals surface area contributed by atoms with Crippen molar-refractivity contribution in [1.82, 2.24) is 0 Å². The average Bonchev–Trinajstić information content (AvgIpc) is 2.19. The van der Waals surface area contributed by atoms with Crippen LogP contribution in [-0.4, -0.2) is 20.0 Å². The number of sulfone groups is 1. The molecule has 0 bridgehead atoms. The largest absolute Gasteiger partial charge is 0.303 e. The Morgan fingerprint density at radius 1 is 1.20 bits per heavy atom. The van der Waals surface area contributed by atoms with Gasteiger partial charge in [0.15, 0.2) is 9.84 Å². The summed E-state index contributed by atoms with van der Waals surface area (Å²) in [5.41, 5.74) is 0.827. The number of aldehydes is 1. The van der Waals surface area contributed by atoms with Crippen LogP contribution in [0.1, 0.15) is 19.4 Å². The van der Waals surface area contributed by atoms with Gasteiger partial charge in [-0.15, -0.1) is 0 Å². The van der Waals surface area contributed by atoms with Gasteiger partial charge in [0.1, 0.15) is 6.29 Å². The molecule has 0 N–H and O–H groups in total. The summed E-state index contributed by atoms with van der Waals surface area (Å²) in [5.74, 6) is 0. The fraction of sp³-hybridized carbons (Fsp3) is 0.364.